The Kier molecular flexibility index (Phi) is 4.29. The molecule has 3 heterocycles. The Bertz CT molecular complexity index is 813. The van der Waals surface area contributed by atoms with Crippen molar-refractivity contribution in [2.75, 3.05) is 18.5 Å². The van der Waals surface area contributed by atoms with Gasteiger partial charge in [0.05, 0.1) is 12.1 Å². The highest BCUT2D eigenvalue weighted by Crippen LogP contribution is 2.39. The molecule has 2 amide bonds. The molecule has 0 spiro atoms. The molecule has 6 nitrogen and oxygen atoms in total. The van der Waals surface area contributed by atoms with Crippen LogP contribution in [0.3, 0.4) is 0 Å². The molecule has 1 saturated heterocycles. The van der Waals surface area contributed by atoms with Crippen LogP contribution in [0.1, 0.15) is 5.56 Å². The predicted molar refractivity (Wildman–Crippen MR) is 84.0 cm³/mol. The zero-order valence-corrected chi connectivity index (χ0v) is 13.6. The van der Waals surface area contributed by atoms with E-state index in [4.69, 9.17) is 11.6 Å². The van der Waals surface area contributed by atoms with Crippen LogP contribution in [-0.2, 0) is 6.18 Å². The van der Waals surface area contributed by atoms with Crippen molar-refractivity contribution < 1.29 is 23.1 Å². The zero-order chi connectivity index (χ0) is 18.4. The van der Waals surface area contributed by atoms with Crippen molar-refractivity contribution in [2.24, 2.45) is 0 Å². The minimum absolute atomic E-state index is 0.0231. The molecule has 2 aromatic heterocycles. The minimum atomic E-state index is -4.69. The number of nitrogens with zero attached hydrogens (tertiary/aromatic N) is 4. The number of aliphatic hydroxyl groups excluding tert-OH is 1. The van der Waals surface area contributed by atoms with Gasteiger partial charge in [0.25, 0.3) is 0 Å². The second kappa shape index (κ2) is 6.16. The molecule has 1 unspecified atom stereocenters. The number of carbonyl (C=O) groups is 1. The summed E-state index contributed by atoms with van der Waals surface area (Å²) in [6.07, 6.45) is -3.75. The second-order valence-electron chi connectivity index (χ2n) is 5.47. The highest BCUT2D eigenvalue weighted by molar-refractivity contribution is 6.29. The first-order valence-electron chi connectivity index (χ1n) is 7.10. The lowest BCUT2D eigenvalue weighted by Crippen LogP contribution is -2.35. The molecule has 132 valence electrons. The molecule has 1 N–H and O–H groups in total. The van der Waals surface area contributed by atoms with E-state index in [-0.39, 0.29) is 28.6 Å². The number of aliphatic hydroxyl groups is 1. The standard InChI is InChI=1S/C15H12ClF3N4O2/c1-22-7-13(24)23(14(22)25)12-4-10(15(17,18)19)9(6-21-12)8-2-3-11(16)20-5-8/h2-6,13,24H,7H2,1H3. The number of urea groups is 1. The summed E-state index contributed by atoms with van der Waals surface area (Å²) in [5.41, 5.74) is -1.01. The lowest BCUT2D eigenvalue weighted by atomic mass is 10.0. The summed E-state index contributed by atoms with van der Waals surface area (Å²) in [5.74, 6) is -0.278. The molecule has 1 aliphatic heterocycles. The number of pyridine rings is 2. The fourth-order valence-electron chi connectivity index (χ4n) is 2.54. The number of hydrogen-bond acceptors (Lipinski definition) is 4. The third-order valence-electron chi connectivity index (χ3n) is 3.75. The van der Waals surface area contributed by atoms with Crippen LogP contribution in [0.4, 0.5) is 23.8 Å². The average Bonchev–Trinajstić information content (AvgIpc) is 2.79. The van der Waals surface area contributed by atoms with Gasteiger partial charge in [-0.15, -0.1) is 0 Å². The topological polar surface area (TPSA) is 69.6 Å². The smallest absolute Gasteiger partial charge is 0.371 e. The number of halogens is 4. The number of rotatable bonds is 2. The third-order valence-corrected chi connectivity index (χ3v) is 3.97. The number of β-amino-alcohol motifs (C(OH)–C–C–N with tert-alkyl or cyclic N) is 1. The molecule has 1 fully saturated rings. The summed E-state index contributed by atoms with van der Waals surface area (Å²) in [7, 11) is 1.43. The van der Waals surface area contributed by atoms with Crippen LogP contribution in [-0.4, -0.2) is 45.8 Å². The molecular weight excluding hydrogens is 361 g/mol. The van der Waals surface area contributed by atoms with Gasteiger partial charge in [-0.2, -0.15) is 13.2 Å². The molecule has 0 aromatic carbocycles. The molecule has 25 heavy (non-hydrogen) atoms. The molecule has 1 atom stereocenters. The van der Waals surface area contributed by atoms with E-state index in [2.05, 4.69) is 9.97 Å². The normalized spacial score (nSPS) is 18.2. The number of likely N-dealkylation sites (N-methyl/N-ethyl adjacent to an activating group) is 1. The molecule has 2 aromatic rings. The van der Waals surface area contributed by atoms with E-state index >= 15 is 0 Å². The number of alkyl halides is 3. The summed E-state index contributed by atoms with van der Waals surface area (Å²) < 4.78 is 40.5. The highest BCUT2D eigenvalue weighted by Gasteiger charge is 2.39. The molecule has 0 bridgehead atoms. The van der Waals surface area contributed by atoms with E-state index in [1.54, 1.807) is 0 Å². The Labute approximate surface area is 145 Å². The monoisotopic (exact) mass is 372 g/mol. The maximum atomic E-state index is 13.5. The summed E-state index contributed by atoms with van der Waals surface area (Å²) >= 11 is 5.66. The lowest BCUT2D eigenvalue weighted by molar-refractivity contribution is -0.137. The first-order chi connectivity index (χ1) is 11.7. The molecule has 1 aliphatic rings. The van der Waals surface area contributed by atoms with Crippen molar-refractivity contribution in [3.63, 3.8) is 0 Å². The Morgan fingerprint density at radius 2 is 2.00 bits per heavy atom. The number of anilines is 1. The van der Waals surface area contributed by atoms with E-state index in [1.807, 2.05) is 0 Å². The van der Waals surface area contributed by atoms with Crippen molar-refractivity contribution in [3.8, 4) is 11.1 Å². The van der Waals surface area contributed by atoms with Crippen LogP contribution < -0.4 is 4.90 Å². The fraction of sp³-hybridized carbons (Fsp3) is 0.267. The van der Waals surface area contributed by atoms with Gasteiger partial charge in [0, 0.05) is 30.6 Å². The van der Waals surface area contributed by atoms with Gasteiger partial charge in [0.15, 0.2) is 6.23 Å². The van der Waals surface area contributed by atoms with Crippen molar-refractivity contribution in [1.29, 1.82) is 0 Å². The van der Waals surface area contributed by atoms with Gasteiger partial charge in [-0.25, -0.2) is 19.7 Å². The Hall–Kier alpha value is -2.39. The summed E-state index contributed by atoms with van der Waals surface area (Å²) in [6.45, 7) is -0.0231. The Morgan fingerprint density at radius 1 is 1.28 bits per heavy atom. The van der Waals surface area contributed by atoms with Gasteiger partial charge in [-0.05, 0) is 18.2 Å². The number of hydrogen-bond donors (Lipinski definition) is 1. The zero-order valence-electron chi connectivity index (χ0n) is 12.8. The third kappa shape index (κ3) is 3.24. The Balaban J connectivity index is 2.10. The second-order valence-corrected chi connectivity index (χ2v) is 5.86. The summed E-state index contributed by atoms with van der Waals surface area (Å²) in [4.78, 5) is 21.7. The average molecular weight is 373 g/mol. The summed E-state index contributed by atoms with van der Waals surface area (Å²) in [6, 6.07) is 2.87. The number of amides is 2. The minimum Gasteiger partial charge on any atom is -0.371 e. The van der Waals surface area contributed by atoms with E-state index in [1.165, 1.54) is 30.3 Å². The van der Waals surface area contributed by atoms with Gasteiger partial charge < -0.3 is 10.0 Å². The maximum Gasteiger partial charge on any atom is 0.417 e. The van der Waals surface area contributed by atoms with Crippen LogP contribution in [0.2, 0.25) is 5.15 Å². The van der Waals surface area contributed by atoms with Crippen LogP contribution in [0.5, 0.6) is 0 Å². The largest absolute Gasteiger partial charge is 0.417 e. The van der Waals surface area contributed by atoms with Crippen molar-refractivity contribution >= 4 is 23.4 Å². The van der Waals surface area contributed by atoms with Crippen LogP contribution in [0, 0.1) is 0 Å². The van der Waals surface area contributed by atoms with Gasteiger partial charge in [0.1, 0.15) is 11.0 Å². The van der Waals surface area contributed by atoms with Gasteiger partial charge in [-0.1, -0.05) is 11.6 Å². The number of carbonyl (C=O) groups excluding carboxylic acids is 1. The fourth-order valence-corrected chi connectivity index (χ4v) is 2.65. The maximum absolute atomic E-state index is 13.5. The van der Waals surface area contributed by atoms with E-state index < -0.39 is 24.0 Å². The van der Waals surface area contributed by atoms with Crippen molar-refractivity contribution in [2.45, 2.75) is 12.4 Å². The van der Waals surface area contributed by atoms with Crippen molar-refractivity contribution in [1.82, 2.24) is 14.9 Å². The SMILES string of the molecule is CN1CC(O)N(c2cc(C(F)(F)F)c(-c3ccc(Cl)nc3)cn2)C1=O. The molecular formula is C15H12ClF3N4O2. The first-order valence-corrected chi connectivity index (χ1v) is 7.48. The van der Waals surface area contributed by atoms with E-state index in [0.29, 0.717) is 0 Å². The Morgan fingerprint density at radius 3 is 2.52 bits per heavy atom. The lowest BCUT2D eigenvalue weighted by Gasteiger charge is -2.21. The van der Waals surface area contributed by atoms with Gasteiger partial charge in [0.2, 0.25) is 0 Å². The predicted octanol–water partition coefficient (Wildman–Crippen LogP) is 3.01. The van der Waals surface area contributed by atoms with E-state index in [9.17, 15) is 23.1 Å². The molecule has 10 heteroatoms. The molecule has 0 radical (unpaired) electrons. The van der Waals surface area contributed by atoms with Crippen molar-refractivity contribution in [3.05, 3.63) is 41.3 Å². The van der Waals surface area contributed by atoms with Crippen LogP contribution in [0.25, 0.3) is 11.1 Å². The molecule has 0 saturated carbocycles. The van der Waals surface area contributed by atoms with Gasteiger partial charge in [-0.3, -0.25) is 0 Å². The van der Waals surface area contributed by atoms with Crippen LogP contribution in [0.15, 0.2) is 30.6 Å². The quantitative estimate of drug-likeness (QED) is 0.823. The van der Waals surface area contributed by atoms with Crippen LogP contribution >= 0.6 is 11.6 Å². The number of aromatic nitrogens is 2. The van der Waals surface area contributed by atoms with Gasteiger partial charge >= 0.3 is 12.2 Å². The molecule has 3 rings (SSSR count). The first kappa shape index (κ1) is 17.4. The summed E-state index contributed by atoms with van der Waals surface area (Å²) in [5, 5.41) is 10.1. The molecule has 0 aliphatic carbocycles. The highest BCUT2D eigenvalue weighted by atomic mass is 35.5. The van der Waals surface area contributed by atoms with E-state index in [0.717, 1.165) is 17.2 Å².